The Labute approximate surface area is 149 Å². The number of halogens is 1. The quantitative estimate of drug-likeness (QED) is 0.611. The van der Waals surface area contributed by atoms with Crippen LogP contribution >= 0.6 is 11.8 Å². The van der Waals surface area contributed by atoms with Crippen molar-refractivity contribution in [3.8, 4) is 0 Å². The van der Waals surface area contributed by atoms with Gasteiger partial charge in [-0.1, -0.05) is 36.5 Å². The Morgan fingerprint density at radius 3 is 2.96 bits per heavy atom. The summed E-state index contributed by atoms with van der Waals surface area (Å²) in [5.41, 5.74) is 1.20. The topological polar surface area (TPSA) is 59.0 Å². The average molecular weight is 360 g/mol. The Hall–Kier alpha value is -2.41. The third kappa shape index (κ3) is 3.11. The summed E-state index contributed by atoms with van der Waals surface area (Å²) in [5, 5.41) is 0.204. The normalized spacial score (nSPS) is 22.6. The molecule has 25 heavy (non-hydrogen) atoms. The van der Waals surface area contributed by atoms with Crippen LogP contribution in [-0.2, 0) is 14.3 Å². The molecule has 2 heterocycles. The molecule has 2 unspecified atom stereocenters. The van der Waals surface area contributed by atoms with Crippen LogP contribution in [0.3, 0.4) is 0 Å². The van der Waals surface area contributed by atoms with Crippen LogP contribution < -0.4 is 0 Å². The minimum atomic E-state index is -0.759. The molecule has 2 atom stereocenters. The predicted molar refractivity (Wildman–Crippen MR) is 94.3 cm³/mol. The number of rotatable bonds is 4. The van der Waals surface area contributed by atoms with Crippen molar-refractivity contribution in [2.45, 2.75) is 25.1 Å². The molecule has 1 aromatic carbocycles. The molecule has 0 bridgehead atoms. The second-order valence-electron chi connectivity index (χ2n) is 5.71. The zero-order valence-corrected chi connectivity index (χ0v) is 14.7. The van der Waals surface area contributed by atoms with E-state index in [4.69, 9.17) is 4.74 Å². The molecule has 0 saturated carbocycles. The highest BCUT2D eigenvalue weighted by Gasteiger charge is 2.46. The third-order valence-corrected chi connectivity index (χ3v) is 5.03. The van der Waals surface area contributed by atoms with Crippen LogP contribution in [-0.4, -0.2) is 33.8 Å². The predicted octanol–water partition coefficient (Wildman–Crippen LogP) is 3.20. The molecule has 2 aliphatic rings. The van der Waals surface area contributed by atoms with Crippen LogP contribution in [0, 0.1) is 5.82 Å². The Morgan fingerprint density at radius 1 is 1.52 bits per heavy atom. The van der Waals surface area contributed by atoms with Gasteiger partial charge in [-0.05, 0) is 31.5 Å². The maximum absolute atomic E-state index is 13.8. The Kier molecular flexibility index (Phi) is 4.76. The summed E-state index contributed by atoms with van der Waals surface area (Å²) in [7, 11) is 0. The molecule has 0 N–H and O–H groups in total. The number of amides is 1. The van der Waals surface area contributed by atoms with Gasteiger partial charge in [0.2, 0.25) is 5.91 Å². The SMILES string of the molecule is C=CCOC(=O)C1=C(C)N=C2SC(C)C(=O)N2C1c1cccc(F)c1. The molecule has 1 amide bonds. The summed E-state index contributed by atoms with van der Waals surface area (Å²) in [6, 6.07) is 5.12. The Morgan fingerprint density at radius 2 is 2.28 bits per heavy atom. The molecule has 1 fully saturated rings. The van der Waals surface area contributed by atoms with Gasteiger partial charge in [0.05, 0.1) is 22.6 Å². The molecule has 2 aliphatic heterocycles. The number of thioether (sulfide) groups is 1. The average Bonchev–Trinajstić information content (AvgIpc) is 2.85. The molecular weight excluding hydrogens is 343 g/mol. The summed E-state index contributed by atoms with van der Waals surface area (Å²) in [6.07, 6.45) is 1.46. The second kappa shape index (κ2) is 6.84. The van der Waals surface area contributed by atoms with E-state index in [-0.39, 0.29) is 23.3 Å². The summed E-state index contributed by atoms with van der Waals surface area (Å²) in [4.78, 5) is 31.1. The number of nitrogens with zero attached hydrogens (tertiary/aromatic N) is 2. The van der Waals surface area contributed by atoms with Crippen molar-refractivity contribution in [2.75, 3.05) is 6.61 Å². The minimum absolute atomic E-state index is 0.0428. The van der Waals surface area contributed by atoms with Gasteiger partial charge >= 0.3 is 5.97 Å². The zero-order valence-electron chi connectivity index (χ0n) is 13.9. The molecule has 130 valence electrons. The van der Waals surface area contributed by atoms with Gasteiger partial charge in [0, 0.05) is 0 Å². The Bertz CT molecular complexity index is 818. The standard InChI is InChI=1S/C18H17FN2O3S/c1-4-8-24-17(23)14-10(2)20-18-21(16(22)11(3)25-18)15(14)12-6-5-7-13(19)9-12/h4-7,9,11,15H,1,8H2,2-3H3. The first kappa shape index (κ1) is 17.4. The number of ether oxygens (including phenoxy) is 1. The van der Waals surface area contributed by atoms with Crippen molar-refractivity contribution in [2.24, 2.45) is 4.99 Å². The molecule has 0 aromatic heterocycles. The van der Waals surface area contributed by atoms with Gasteiger partial charge in [-0.15, -0.1) is 0 Å². The van der Waals surface area contributed by atoms with Gasteiger partial charge in [-0.2, -0.15) is 0 Å². The third-order valence-electron chi connectivity index (χ3n) is 3.97. The van der Waals surface area contributed by atoms with Crippen molar-refractivity contribution >= 4 is 28.8 Å². The van der Waals surface area contributed by atoms with Gasteiger partial charge < -0.3 is 4.74 Å². The summed E-state index contributed by atoms with van der Waals surface area (Å²) < 4.78 is 19.0. The van der Waals surface area contributed by atoms with Crippen LogP contribution in [0.1, 0.15) is 25.5 Å². The molecule has 1 aromatic rings. The number of carbonyl (C=O) groups is 2. The fourth-order valence-electron chi connectivity index (χ4n) is 2.87. The summed E-state index contributed by atoms with van der Waals surface area (Å²) >= 11 is 1.33. The number of fused-ring (bicyclic) bond motifs is 1. The molecule has 0 spiro atoms. The van der Waals surface area contributed by atoms with E-state index in [1.54, 1.807) is 26.0 Å². The van der Waals surface area contributed by atoms with E-state index in [0.717, 1.165) is 0 Å². The number of benzene rings is 1. The van der Waals surface area contributed by atoms with E-state index in [2.05, 4.69) is 11.6 Å². The monoisotopic (exact) mass is 360 g/mol. The fraction of sp³-hybridized carbons (Fsp3) is 0.278. The van der Waals surface area contributed by atoms with E-state index in [9.17, 15) is 14.0 Å². The van der Waals surface area contributed by atoms with E-state index >= 15 is 0 Å². The molecule has 7 heteroatoms. The van der Waals surface area contributed by atoms with E-state index < -0.39 is 17.8 Å². The number of amidine groups is 1. The van der Waals surface area contributed by atoms with Crippen LogP contribution in [0.4, 0.5) is 4.39 Å². The maximum Gasteiger partial charge on any atom is 0.338 e. The number of aliphatic imine (C=N–C) groups is 1. The fourth-order valence-corrected chi connectivity index (χ4v) is 3.90. The van der Waals surface area contributed by atoms with E-state index in [1.807, 2.05) is 0 Å². The first-order chi connectivity index (χ1) is 11.9. The number of esters is 1. The van der Waals surface area contributed by atoms with Gasteiger partial charge in [-0.25, -0.2) is 14.2 Å². The van der Waals surface area contributed by atoms with Crippen molar-refractivity contribution in [1.29, 1.82) is 0 Å². The molecule has 1 saturated heterocycles. The lowest BCUT2D eigenvalue weighted by atomic mass is 9.94. The lowest BCUT2D eigenvalue weighted by molar-refractivity contribution is -0.139. The van der Waals surface area contributed by atoms with Crippen molar-refractivity contribution in [3.05, 3.63) is 59.6 Å². The number of carbonyl (C=O) groups excluding carboxylic acids is 2. The van der Waals surface area contributed by atoms with Crippen molar-refractivity contribution in [3.63, 3.8) is 0 Å². The molecule has 0 aliphatic carbocycles. The highest BCUT2D eigenvalue weighted by molar-refractivity contribution is 8.15. The van der Waals surface area contributed by atoms with Gasteiger partial charge in [0.25, 0.3) is 0 Å². The Balaban J connectivity index is 2.13. The van der Waals surface area contributed by atoms with Crippen LogP contribution in [0.15, 0.2) is 53.2 Å². The largest absolute Gasteiger partial charge is 0.458 e. The van der Waals surface area contributed by atoms with Crippen molar-refractivity contribution in [1.82, 2.24) is 4.90 Å². The van der Waals surface area contributed by atoms with Crippen molar-refractivity contribution < 1.29 is 18.7 Å². The molecule has 3 rings (SSSR count). The van der Waals surface area contributed by atoms with E-state index in [0.29, 0.717) is 16.4 Å². The summed E-state index contributed by atoms with van der Waals surface area (Å²) in [5.74, 6) is -1.20. The zero-order chi connectivity index (χ0) is 18.1. The first-order valence-corrected chi connectivity index (χ1v) is 8.64. The maximum atomic E-state index is 13.8. The highest BCUT2D eigenvalue weighted by atomic mass is 32.2. The van der Waals surface area contributed by atoms with Gasteiger partial charge in [0.1, 0.15) is 12.4 Å². The van der Waals surface area contributed by atoms with E-state index in [1.165, 1.54) is 34.9 Å². The molecule has 5 nitrogen and oxygen atoms in total. The van der Waals surface area contributed by atoms with Gasteiger partial charge in [-0.3, -0.25) is 9.69 Å². The lowest BCUT2D eigenvalue weighted by Gasteiger charge is -2.33. The number of hydrogen-bond donors (Lipinski definition) is 0. The van der Waals surface area contributed by atoms with Gasteiger partial charge in [0.15, 0.2) is 5.17 Å². The van der Waals surface area contributed by atoms with Crippen LogP contribution in [0.25, 0.3) is 0 Å². The molecule has 0 radical (unpaired) electrons. The highest BCUT2D eigenvalue weighted by Crippen LogP contribution is 2.43. The number of hydrogen-bond acceptors (Lipinski definition) is 5. The lowest BCUT2D eigenvalue weighted by Crippen LogP contribution is -2.40. The molecular formula is C18H17FN2O3S. The van der Waals surface area contributed by atoms with Crippen LogP contribution in [0.5, 0.6) is 0 Å². The van der Waals surface area contributed by atoms with Crippen LogP contribution in [0.2, 0.25) is 0 Å². The first-order valence-electron chi connectivity index (χ1n) is 7.76. The second-order valence-corrected chi connectivity index (χ2v) is 7.01. The summed E-state index contributed by atoms with van der Waals surface area (Å²) in [6.45, 7) is 7.03. The minimum Gasteiger partial charge on any atom is -0.458 e. The smallest absolute Gasteiger partial charge is 0.338 e. The number of allylic oxidation sites excluding steroid dienone is 1.